The summed E-state index contributed by atoms with van der Waals surface area (Å²) in [7, 11) is 2.91. The summed E-state index contributed by atoms with van der Waals surface area (Å²) in [5.74, 6) is -0.467. The van der Waals surface area contributed by atoms with Crippen molar-refractivity contribution in [2.24, 2.45) is 14.1 Å². The fourth-order valence-corrected chi connectivity index (χ4v) is 2.24. The van der Waals surface area contributed by atoms with E-state index in [0.717, 1.165) is 4.57 Å². The third-order valence-corrected chi connectivity index (χ3v) is 3.56. The second-order valence-electron chi connectivity index (χ2n) is 5.30. The number of carbonyl (C=O) groups excluding carboxylic acids is 1. The van der Waals surface area contributed by atoms with Crippen LogP contribution >= 0.6 is 0 Å². The van der Waals surface area contributed by atoms with Crippen molar-refractivity contribution < 1.29 is 4.79 Å². The summed E-state index contributed by atoms with van der Waals surface area (Å²) < 4.78 is 2.26. The number of aryl methyl sites for hydroxylation is 2. The number of hydrogen-bond acceptors (Lipinski definition) is 6. The Morgan fingerprint density at radius 1 is 1.04 bits per heavy atom. The number of carbonyl (C=O) groups is 1. The number of nitrogens with one attached hydrogen (secondary N) is 1. The normalized spacial score (nSPS) is 10.8. The molecule has 0 fully saturated rings. The summed E-state index contributed by atoms with van der Waals surface area (Å²) in [5, 5.41) is 2.84. The van der Waals surface area contributed by atoms with Gasteiger partial charge >= 0.3 is 5.69 Å². The van der Waals surface area contributed by atoms with Crippen molar-refractivity contribution in [3.05, 3.63) is 56.9 Å². The van der Waals surface area contributed by atoms with Crippen molar-refractivity contribution in [2.75, 3.05) is 5.32 Å². The largest absolute Gasteiger partial charge is 0.332 e. The molecule has 3 aromatic rings. The van der Waals surface area contributed by atoms with Crippen LogP contribution in [0.2, 0.25) is 0 Å². The summed E-state index contributed by atoms with van der Waals surface area (Å²) in [6.45, 7) is 1.77. The molecule has 0 spiro atoms. The minimum absolute atomic E-state index is 0.147. The number of pyridine rings is 1. The maximum absolute atomic E-state index is 12.2. The average molecular weight is 326 g/mol. The molecule has 0 bridgehead atoms. The van der Waals surface area contributed by atoms with Crippen LogP contribution in [0.5, 0.6) is 0 Å². The molecule has 0 radical (unpaired) electrons. The molecule has 9 nitrogen and oxygen atoms in total. The van der Waals surface area contributed by atoms with Gasteiger partial charge in [0.15, 0.2) is 0 Å². The van der Waals surface area contributed by atoms with Crippen LogP contribution in [0.3, 0.4) is 0 Å². The van der Waals surface area contributed by atoms with Crippen molar-refractivity contribution in [3.63, 3.8) is 0 Å². The summed E-state index contributed by atoms with van der Waals surface area (Å²) in [4.78, 5) is 48.4. The number of aromatic nitrogens is 5. The van der Waals surface area contributed by atoms with Crippen molar-refractivity contribution in [1.82, 2.24) is 24.1 Å². The minimum atomic E-state index is -0.480. The van der Waals surface area contributed by atoms with Crippen LogP contribution in [-0.4, -0.2) is 30.0 Å². The summed E-state index contributed by atoms with van der Waals surface area (Å²) in [5.41, 5.74) is 0.470. The van der Waals surface area contributed by atoms with E-state index in [1.807, 2.05) is 0 Å². The molecule has 1 amide bonds. The smallest absolute Gasteiger partial charge is 0.319 e. The number of anilines is 1. The zero-order chi connectivity index (χ0) is 17.4. The number of nitrogens with zero attached hydrogens (tertiary/aromatic N) is 5. The molecule has 0 aromatic carbocycles. The van der Waals surface area contributed by atoms with Crippen LogP contribution in [0, 0.1) is 6.92 Å². The van der Waals surface area contributed by atoms with Crippen LogP contribution in [-0.2, 0) is 14.1 Å². The van der Waals surface area contributed by atoms with E-state index in [1.54, 1.807) is 6.92 Å². The van der Waals surface area contributed by atoms with E-state index >= 15 is 0 Å². The molecular formula is C15H14N6O3. The van der Waals surface area contributed by atoms with E-state index in [0.29, 0.717) is 11.4 Å². The Morgan fingerprint density at radius 3 is 2.46 bits per heavy atom. The lowest BCUT2D eigenvalue weighted by atomic mass is 10.3. The van der Waals surface area contributed by atoms with E-state index in [9.17, 15) is 14.4 Å². The number of amides is 1. The van der Waals surface area contributed by atoms with Crippen molar-refractivity contribution in [2.45, 2.75) is 6.92 Å². The second-order valence-corrected chi connectivity index (χ2v) is 5.30. The van der Waals surface area contributed by atoms with Gasteiger partial charge in [-0.3, -0.25) is 23.7 Å². The molecule has 3 heterocycles. The molecule has 0 aliphatic rings. The zero-order valence-corrected chi connectivity index (χ0v) is 13.3. The highest BCUT2D eigenvalue weighted by Gasteiger charge is 2.13. The van der Waals surface area contributed by atoms with Gasteiger partial charge in [-0.2, -0.15) is 0 Å². The third-order valence-electron chi connectivity index (χ3n) is 3.56. The molecule has 0 atom stereocenters. The Balaban J connectivity index is 2.02. The maximum Gasteiger partial charge on any atom is 0.332 e. The van der Waals surface area contributed by atoms with Gasteiger partial charge < -0.3 is 5.32 Å². The maximum atomic E-state index is 12.2. The Kier molecular flexibility index (Phi) is 3.68. The lowest BCUT2D eigenvalue weighted by Crippen LogP contribution is -2.37. The van der Waals surface area contributed by atoms with Crippen LogP contribution in [0.1, 0.15) is 16.2 Å². The topological polar surface area (TPSA) is 112 Å². The summed E-state index contributed by atoms with van der Waals surface area (Å²) >= 11 is 0. The molecule has 1 N–H and O–H groups in total. The first-order chi connectivity index (χ1) is 11.4. The fraction of sp³-hybridized carbons (Fsp3) is 0.200. The molecule has 3 rings (SSSR count). The van der Waals surface area contributed by atoms with Crippen molar-refractivity contribution >= 4 is 22.6 Å². The first-order valence-corrected chi connectivity index (χ1v) is 7.04. The number of fused-ring (bicyclic) bond motifs is 1. The van der Waals surface area contributed by atoms with Gasteiger partial charge in [0.2, 0.25) is 0 Å². The van der Waals surface area contributed by atoms with Crippen LogP contribution in [0.4, 0.5) is 5.69 Å². The predicted molar refractivity (Wildman–Crippen MR) is 86.9 cm³/mol. The third kappa shape index (κ3) is 2.56. The van der Waals surface area contributed by atoms with E-state index in [-0.39, 0.29) is 16.7 Å². The molecule has 0 unspecified atom stereocenters. The highest BCUT2D eigenvalue weighted by Crippen LogP contribution is 2.12. The Bertz CT molecular complexity index is 1070. The highest BCUT2D eigenvalue weighted by atomic mass is 16.2. The quantitative estimate of drug-likeness (QED) is 0.708. The van der Waals surface area contributed by atoms with Crippen LogP contribution in [0.25, 0.3) is 11.0 Å². The van der Waals surface area contributed by atoms with Gasteiger partial charge in [-0.05, 0) is 13.0 Å². The summed E-state index contributed by atoms with van der Waals surface area (Å²) in [6.07, 6.45) is 4.22. The molecule has 122 valence electrons. The molecular weight excluding hydrogens is 312 g/mol. The Morgan fingerprint density at radius 2 is 1.79 bits per heavy atom. The fourth-order valence-electron chi connectivity index (χ4n) is 2.24. The van der Waals surface area contributed by atoms with Gasteiger partial charge in [-0.1, -0.05) is 0 Å². The number of hydrogen-bond donors (Lipinski definition) is 1. The van der Waals surface area contributed by atoms with Crippen LogP contribution < -0.4 is 16.6 Å². The van der Waals surface area contributed by atoms with Gasteiger partial charge in [0.25, 0.3) is 11.5 Å². The second kappa shape index (κ2) is 5.69. The van der Waals surface area contributed by atoms with Gasteiger partial charge in [0.1, 0.15) is 11.3 Å². The summed E-state index contributed by atoms with van der Waals surface area (Å²) in [6, 6.07) is 1.48. The lowest BCUT2D eigenvalue weighted by Gasteiger charge is -2.09. The van der Waals surface area contributed by atoms with Crippen molar-refractivity contribution in [3.8, 4) is 0 Å². The van der Waals surface area contributed by atoms with Crippen LogP contribution in [0.15, 0.2) is 34.2 Å². The molecule has 0 saturated heterocycles. The SMILES string of the molecule is Cc1cnc(C(=O)Nc2cnc3c(c2)c(=O)n(C)c(=O)n3C)cn1. The van der Waals surface area contributed by atoms with E-state index in [2.05, 4.69) is 20.3 Å². The van der Waals surface area contributed by atoms with Gasteiger partial charge in [-0.25, -0.2) is 14.8 Å². The Labute approximate surface area is 135 Å². The molecule has 0 aliphatic heterocycles. The first-order valence-electron chi connectivity index (χ1n) is 7.04. The average Bonchev–Trinajstić information content (AvgIpc) is 2.58. The van der Waals surface area contributed by atoms with Crippen molar-refractivity contribution in [1.29, 1.82) is 0 Å². The monoisotopic (exact) mass is 326 g/mol. The predicted octanol–water partition coefficient (Wildman–Crippen LogP) is -0.0171. The number of rotatable bonds is 2. The standard InChI is InChI=1S/C15H14N6O3/c1-8-5-17-11(7-16-8)13(22)19-9-4-10-12(18-6-9)20(2)15(24)21(3)14(10)23/h4-7H,1-3H3,(H,19,22). The molecule has 0 saturated carbocycles. The van der Waals surface area contributed by atoms with Gasteiger partial charge in [0.05, 0.1) is 29.2 Å². The first kappa shape index (κ1) is 15.5. The van der Waals surface area contributed by atoms with E-state index in [4.69, 9.17) is 0 Å². The van der Waals surface area contributed by atoms with E-state index < -0.39 is 17.2 Å². The minimum Gasteiger partial charge on any atom is -0.319 e. The molecule has 3 aromatic heterocycles. The molecule has 24 heavy (non-hydrogen) atoms. The van der Waals surface area contributed by atoms with Gasteiger partial charge in [-0.15, -0.1) is 0 Å². The highest BCUT2D eigenvalue weighted by molar-refractivity contribution is 6.03. The Hall–Kier alpha value is -3.36. The molecule has 9 heteroatoms. The van der Waals surface area contributed by atoms with Gasteiger partial charge in [0, 0.05) is 20.3 Å². The lowest BCUT2D eigenvalue weighted by molar-refractivity contribution is 0.102. The zero-order valence-electron chi connectivity index (χ0n) is 13.3. The molecule has 0 aliphatic carbocycles. The van der Waals surface area contributed by atoms with E-state index in [1.165, 1.54) is 43.3 Å².